The van der Waals surface area contributed by atoms with Gasteiger partial charge >= 0.3 is 0 Å². The smallest absolute Gasteiger partial charge is 0.269 e. The average Bonchev–Trinajstić information content (AvgIpc) is 2.58. The van der Waals surface area contributed by atoms with E-state index in [1.807, 2.05) is 18.2 Å². The second-order valence-corrected chi connectivity index (χ2v) is 5.28. The molecule has 2 aromatic rings. The molecule has 0 atom stereocenters. The molecule has 0 aliphatic heterocycles. The molecule has 0 fully saturated rings. The molecule has 24 heavy (non-hydrogen) atoms. The van der Waals surface area contributed by atoms with Crippen molar-refractivity contribution in [2.24, 2.45) is 0 Å². The molecule has 2 rings (SSSR count). The molecule has 0 saturated heterocycles. The summed E-state index contributed by atoms with van der Waals surface area (Å²) in [5.41, 5.74) is 1.57. The van der Waals surface area contributed by atoms with E-state index in [0.29, 0.717) is 18.1 Å². The highest BCUT2D eigenvalue weighted by Crippen LogP contribution is 2.16. The predicted octanol–water partition coefficient (Wildman–Crippen LogP) is 3.49. The van der Waals surface area contributed by atoms with E-state index in [2.05, 4.69) is 10.6 Å². The second-order valence-electron chi connectivity index (χ2n) is 4.88. The number of non-ortho nitro benzene ring substituents is 1. The second kappa shape index (κ2) is 8.69. The molecular weight excluding hydrogens is 330 g/mol. The summed E-state index contributed by atoms with van der Waals surface area (Å²) >= 11 is 6.00. The largest absolute Gasteiger partial charge is 0.383 e. The van der Waals surface area contributed by atoms with Crippen molar-refractivity contribution in [2.75, 3.05) is 18.4 Å². The zero-order chi connectivity index (χ0) is 17.4. The quantitative estimate of drug-likeness (QED) is 0.348. The molecule has 0 saturated carbocycles. The summed E-state index contributed by atoms with van der Waals surface area (Å²) in [6.45, 7) is 0.923. The monoisotopic (exact) mass is 345 g/mol. The van der Waals surface area contributed by atoms with Gasteiger partial charge in [0.15, 0.2) is 0 Å². The number of anilines is 1. The molecule has 0 aliphatic rings. The van der Waals surface area contributed by atoms with Gasteiger partial charge in [0, 0.05) is 42.0 Å². The highest BCUT2D eigenvalue weighted by atomic mass is 35.5. The van der Waals surface area contributed by atoms with Crippen LogP contribution in [0, 0.1) is 10.1 Å². The van der Waals surface area contributed by atoms with Gasteiger partial charge in [0.1, 0.15) is 0 Å². The number of nitrogens with zero attached hydrogens (tertiary/aromatic N) is 1. The Bertz CT molecular complexity index is 745. The van der Waals surface area contributed by atoms with E-state index in [1.54, 1.807) is 24.3 Å². The number of benzene rings is 2. The van der Waals surface area contributed by atoms with Gasteiger partial charge < -0.3 is 10.6 Å². The first-order chi connectivity index (χ1) is 11.6. The van der Waals surface area contributed by atoms with Gasteiger partial charge in [-0.15, -0.1) is 0 Å². The van der Waals surface area contributed by atoms with Crippen LogP contribution in [0.3, 0.4) is 0 Å². The minimum Gasteiger partial charge on any atom is -0.383 e. The maximum atomic E-state index is 11.7. The van der Waals surface area contributed by atoms with E-state index in [-0.39, 0.29) is 11.6 Å². The molecule has 0 spiro atoms. The predicted molar refractivity (Wildman–Crippen MR) is 95.1 cm³/mol. The van der Waals surface area contributed by atoms with Crippen molar-refractivity contribution >= 4 is 35.0 Å². The zero-order valence-corrected chi connectivity index (χ0v) is 13.5. The minimum absolute atomic E-state index is 0.0403. The number of hydrogen-bond acceptors (Lipinski definition) is 4. The van der Waals surface area contributed by atoms with Gasteiger partial charge in [-0.2, -0.15) is 0 Å². The Kier molecular flexibility index (Phi) is 6.33. The van der Waals surface area contributed by atoms with Gasteiger partial charge in [0.2, 0.25) is 5.91 Å². The van der Waals surface area contributed by atoms with Crippen molar-refractivity contribution in [3.05, 3.63) is 75.3 Å². The van der Waals surface area contributed by atoms with Crippen molar-refractivity contribution in [1.29, 1.82) is 0 Å². The molecule has 0 heterocycles. The molecule has 0 bridgehead atoms. The molecule has 2 N–H and O–H groups in total. The van der Waals surface area contributed by atoms with Crippen molar-refractivity contribution < 1.29 is 9.72 Å². The summed E-state index contributed by atoms with van der Waals surface area (Å²) < 4.78 is 0. The molecule has 7 heteroatoms. The lowest BCUT2D eigenvalue weighted by molar-refractivity contribution is -0.384. The summed E-state index contributed by atoms with van der Waals surface area (Å²) in [6, 6.07) is 13.3. The number of carbonyl (C=O) groups excluding carboxylic acids is 1. The first kappa shape index (κ1) is 17.5. The Morgan fingerprint density at radius 2 is 1.83 bits per heavy atom. The lowest BCUT2D eigenvalue weighted by Crippen LogP contribution is -2.27. The Morgan fingerprint density at radius 1 is 1.12 bits per heavy atom. The van der Waals surface area contributed by atoms with Crippen molar-refractivity contribution in [1.82, 2.24) is 5.32 Å². The van der Waals surface area contributed by atoms with Crippen LogP contribution in [-0.4, -0.2) is 23.9 Å². The minimum atomic E-state index is -0.449. The fourth-order valence-corrected chi connectivity index (χ4v) is 2.13. The third-order valence-corrected chi connectivity index (χ3v) is 3.50. The Balaban J connectivity index is 1.73. The molecule has 0 aliphatic carbocycles. The van der Waals surface area contributed by atoms with Gasteiger partial charge in [-0.1, -0.05) is 29.8 Å². The normalized spacial score (nSPS) is 10.5. The van der Waals surface area contributed by atoms with Crippen LogP contribution >= 0.6 is 11.6 Å². The van der Waals surface area contributed by atoms with Crippen molar-refractivity contribution in [3.63, 3.8) is 0 Å². The fourth-order valence-electron chi connectivity index (χ4n) is 1.93. The van der Waals surface area contributed by atoms with Crippen molar-refractivity contribution in [2.45, 2.75) is 0 Å². The maximum Gasteiger partial charge on any atom is 0.269 e. The first-order valence-electron chi connectivity index (χ1n) is 7.25. The number of rotatable bonds is 7. The van der Waals surface area contributed by atoms with Crippen LogP contribution < -0.4 is 10.6 Å². The summed E-state index contributed by atoms with van der Waals surface area (Å²) in [5, 5.41) is 16.9. The lowest BCUT2D eigenvalue weighted by atomic mass is 10.2. The number of hydrogen-bond donors (Lipinski definition) is 2. The number of nitrogens with one attached hydrogen (secondary N) is 2. The Morgan fingerprint density at radius 3 is 2.50 bits per heavy atom. The summed E-state index contributed by atoms with van der Waals surface area (Å²) in [5.74, 6) is -0.222. The SMILES string of the molecule is O=C(/C=C/c1ccccc1Cl)NCCNc1ccc([N+](=O)[O-])cc1. The highest BCUT2D eigenvalue weighted by Gasteiger charge is 2.03. The molecule has 1 amide bonds. The van der Waals surface area contributed by atoms with Gasteiger partial charge in [0.25, 0.3) is 5.69 Å². The Labute approximate surface area is 144 Å². The zero-order valence-electron chi connectivity index (χ0n) is 12.7. The Hall–Kier alpha value is -2.86. The van der Waals surface area contributed by atoms with Crippen LogP contribution in [0.1, 0.15) is 5.56 Å². The number of amides is 1. The van der Waals surface area contributed by atoms with Crippen molar-refractivity contribution in [3.8, 4) is 0 Å². The third-order valence-electron chi connectivity index (χ3n) is 3.15. The molecular formula is C17H16ClN3O3. The number of nitro benzene ring substituents is 1. The molecule has 6 nitrogen and oxygen atoms in total. The number of nitro groups is 1. The molecule has 0 aromatic heterocycles. The van der Waals surface area contributed by atoms with Crippen LogP contribution in [0.4, 0.5) is 11.4 Å². The topological polar surface area (TPSA) is 84.3 Å². The lowest BCUT2D eigenvalue weighted by Gasteiger charge is -2.06. The first-order valence-corrected chi connectivity index (χ1v) is 7.63. The van der Waals surface area contributed by atoms with E-state index in [4.69, 9.17) is 11.6 Å². The fraction of sp³-hybridized carbons (Fsp3) is 0.118. The molecule has 0 unspecified atom stereocenters. The van der Waals surface area contributed by atoms with E-state index in [9.17, 15) is 14.9 Å². The summed E-state index contributed by atoms with van der Waals surface area (Å²) in [7, 11) is 0. The van der Waals surface area contributed by atoms with Gasteiger partial charge in [-0.3, -0.25) is 14.9 Å². The molecule has 124 valence electrons. The summed E-state index contributed by atoms with van der Waals surface area (Å²) in [4.78, 5) is 21.8. The molecule has 2 aromatic carbocycles. The maximum absolute atomic E-state index is 11.7. The van der Waals surface area contributed by atoms with E-state index >= 15 is 0 Å². The van der Waals surface area contributed by atoms with Gasteiger partial charge in [-0.25, -0.2) is 0 Å². The number of halogens is 1. The van der Waals surface area contributed by atoms with Crippen LogP contribution in [-0.2, 0) is 4.79 Å². The van der Waals surface area contributed by atoms with E-state index < -0.39 is 4.92 Å². The number of carbonyl (C=O) groups is 1. The van der Waals surface area contributed by atoms with E-state index in [0.717, 1.165) is 11.3 Å². The average molecular weight is 346 g/mol. The van der Waals surface area contributed by atoms with Crippen LogP contribution in [0.5, 0.6) is 0 Å². The van der Waals surface area contributed by atoms with Gasteiger partial charge in [0.05, 0.1) is 4.92 Å². The van der Waals surface area contributed by atoms with Crippen LogP contribution in [0.2, 0.25) is 5.02 Å². The third kappa shape index (κ3) is 5.40. The van der Waals surface area contributed by atoms with Crippen LogP contribution in [0.25, 0.3) is 6.08 Å². The van der Waals surface area contributed by atoms with Crippen LogP contribution in [0.15, 0.2) is 54.6 Å². The summed E-state index contributed by atoms with van der Waals surface area (Å²) in [6.07, 6.45) is 3.08. The van der Waals surface area contributed by atoms with E-state index in [1.165, 1.54) is 18.2 Å². The molecule has 0 radical (unpaired) electrons. The highest BCUT2D eigenvalue weighted by molar-refractivity contribution is 6.32. The van der Waals surface area contributed by atoms with Gasteiger partial charge in [-0.05, 0) is 29.8 Å². The standard InChI is InChI=1S/C17H16ClN3O3/c18-16-4-2-1-3-13(16)5-10-17(22)20-12-11-19-14-6-8-15(9-7-14)21(23)24/h1-10,19H,11-12H2,(H,20,22)/b10-5+.